The Morgan fingerprint density at radius 2 is 1.73 bits per heavy atom. The molecule has 178 valence electrons. The lowest BCUT2D eigenvalue weighted by Crippen LogP contribution is -2.36. The Kier molecular flexibility index (Phi) is 7.85. The van der Waals surface area contributed by atoms with Gasteiger partial charge in [0.2, 0.25) is 0 Å². The maximum atomic E-state index is 13.2. The van der Waals surface area contributed by atoms with Crippen molar-refractivity contribution in [2.45, 2.75) is 32.3 Å². The first-order valence-corrected chi connectivity index (χ1v) is 9.31. The Balaban J connectivity index is 2.62. The SMILES string of the molecule is Cc1ccc(C(=O)NCC(F)(F)F)cc1N(O[C@@H](C)C(F)(F)F)c1cccc(C=O)c1C=O. The third-order valence-electron chi connectivity index (χ3n) is 4.44. The number of anilines is 2. The van der Waals surface area contributed by atoms with Gasteiger partial charge in [0, 0.05) is 11.1 Å². The van der Waals surface area contributed by atoms with Crippen molar-refractivity contribution < 1.29 is 45.6 Å². The number of aryl methyl sites for hydroxylation is 1. The Labute approximate surface area is 184 Å². The second-order valence-corrected chi connectivity index (χ2v) is 6.90. The summed E-state index contributed by atoms with van der Waals surface area (Å²) in [7, 11) is 0. The summed E-state index contributed by atoms with van der Waals surface area (Å²) in [5, 5.41) is 2.29. The number of rotatable bonds is 8. The van der Waals surface area contributed by atoms with Crippen LogP contribution < -0.4 is 10.4 Å². The van der Waals surface area contributed by atoms with E-state index in [0.29, 0.717) is 18.3 Å². The molecule has 0 saturated heterocycles. The van der Waals surface area contributed by atoms with Crippen molar-refractivity contribution in [3.05, 3.63) is 58.7 Å². The first-order chi connectivity index (χ1) is 15.3. The van der Waals surface area contributed by atoms with Crippen LogP contribution in [0.2, 0.25) is 0 Å². The zero-order chi connectivity index (χ0) is 25.0. The fraction of sp³-hybridized carbons (Fsp3) is 0.286. The first kappa shape index (κ1) is 25.8. The number of nitrogens with zero attached hydrogens (tertiary/aromatic N) is 1. The third kappa shape index (κ3) is 6.54. The van der Waals surface area contributed by atoms with E-state index in [9.17, 15) is 40.7 Å². The molecule has 0 aliphatic carbocycles. The lowest BCUT2D eigenvalue weighted by Gasteiger charge is -2.30. The molecule has 2 aromatic rings. The van der Waals surface area contributed by atoms with Gasteiger partial charge in [0.25, 0.3) is 5.91 Å². The Morgan fingerprint density at radius 3 is 2.27 bits per heavy atom. The minimum Gasteiger partial charge on any atom is -0.343 e. The summed E-state index contributed by atoms with van der Waals surface area (Å²) in [4.78, 5) is 40.2. The van der Waals surface area contributed by atoms with Crippen LogP contribution in [0.1, 0.15) is 43.6 Å². The molecule has 2 rings (SSSR count). The number of amides is 1. The third-order valence-corrected chi connectivity index (χ3v) is 4.44. The predicted molar refractivity (Wildman–Crippen MR) is 106 cm³/mol. The topological polar surface area (TPSA) is 75.7 Å². The molecule has 1 atom stereocenters. The lowest BCUT2D eigenvalue weighted by atomic mass is 10.0. The van der Waals surface area contributed by atoms with Gasteiger partial charge in [0.15, 0.2) is 18.7 Å². The Hall–Kier alpha value is -3.41. The molecule has 1 amide bonds. The molecule has 6 nitrogen and oxygen atoms in total. The van der Waals surface area contributed by atoms with E-state index in [2.05, 4.69) is 0 Å². The smallest absolute Gasteiger partial charge is 0.343 e. The van der Waals surface area contributed by atoms with Gasteiger partial charge in [0.05, 0.1) is 16.9 Å². The highest BCUT2D eigenvalue weighted by Gasteiger charge is 2.40. The number of carbonyl (C=O) groups excluding carboxylic acids is 3. The monoisotopic (exact) mass is 476 g/mol. The molecule has 12 heteroatoms. The van der Waals surface area contributed by atoms with E-state index in [1.165, 1.54) is 37.3 Å². The van der Waals surface area contributed by atoms with Gasteiger partial charge in [-0.05, 0) is 37.6 Å². The van der Waals surface area contributed by atoms with Gasteiger partial charge >= 0.3 is 12.4 Å². The van der Waals surface area contributed by atoms with E-state index in [1.807, 2.05) is 0 Å². The summed E-state index contributed by atoms with van der Waals surface area (Å²) in [6.45, 7) is 0.537. The molecule has 1 N–H and O–H groups in total. The maximum absolute atomic E-state index is 13.2. The number of alkyl halides is 6. The molecular formula is C21H18F6N2O4. The molecule has 0 spiro atoms. The molecule has 0 heterocycles. The van der Waals surface area contributed by atoms with E-state index in [4.69, 9.17) is 4.84 Å². The molecule has 0 aromatic heterocycles. The van der Waals surface area contributed by atoms with Gasteiger partial charge < -0.3 is 5.32 Å². The van der Waals surface area contributed by atoms with Gasteiger partial charge in [-0.2, -0.15) is 26.3 Å². The normalized spacial score (nSPS) is 12.7. The quantitative estimate of drug-likeness (QED) is 0.332. The largest absolute Gasteiger partial charge is 0.416 e. The minimum absolute atomic E-state index is 0.132. The van der Waals surface area contributed by atoms with E-state index in [-0.39, 0.29) is 39.9 Å². The lowest BCUT2D eigenvalue weighted by molar-refractivity contribution is -0.214. The first-order valence-electron chi connectivity index (χ1n) is 9.31. The summed E-state index contributed by atoms with van der Waals surface area (Å²) in [6.07, 6.45) is -11.3. The predicted octanol–water partition coefficient (Wildman–Crippen LogP) is 4.93. The van der Waals surface area contributed by atoms with E-state index in [1.54, 1.807) is 5.32 Å². The number of nitrogens with one attached hydrogen (secondary N) is 1. The standard InChI is InChI=1S/C21H18F6N2O4/c1-12-6-7-14(19(32)28-11-20(22,23)24)8-18(12)29(33-13(2)21(25,26)27)17-5-3-4-15(9-30)16(17)10-31/h3-10,13H,11H2,1-2H3,(H,28,32)/t13-/m0/s1. The highest BCUT2D eigenvalue weighted by Crippen LogP contribution is 2.35. The number of hydrogen-bond donors (Lipinski definition) is 1. The van der Waals surface area contributed by atoms with E-state index >= 15 is 0 Å². The van der Waals surface area contributed by atoms with E-state index < -0.39 is 30.9 Å². The van der Waals surface area contributed by atoms with Crippen LogP contribution in [0.3, 0.4) is 0 Å². The average molecular weight is 476 g/mol. The second kappa shape index (κ2) is 10.0. The highest BCUT2D eigenvalue weighted by molar-refractivity contribution is 5.98. The van der Waals surface area contributed by atoms with Gasteiger partial charge in [-0.3, -0.25) is 19.2 Å². The van der Waals surface area contributed by atoms with Gasteiger partial charge in [0.1, 0.15) is 6.54 Å². The summed E-state index contributed by atoms with van der Waals surface area (Å²) >= 11 is 0. The van der Waals surface area contributed by atoms with Crippen LogP contribution in [-0.2, 0) is 4.84 Å². The van der Waals surface area contributed by atoms with Crippen molar-refractivity contribution in [3.63, 3.8) is 0 Å². The highest BCUT2D eigenvalue weighted by atomic mass is 19.4. The number of halogens is 6. The zero-order valence-corrected chi connectivity index (χ0v) is 17.3. The molecule has 2 aromatic carbocycles. The summed E-state index contributed by atoms with van der Waals surface area (Å²) in [6, 6.07) is 7.27. The fourth-order valence-corrected chi connectivity index (χ4v) is 2.69. The number of benzene rings is 2. The Morgan fingerprint density at radius 1 is 1.06 bits per heavy atom. The molecule has 33 heavy (non-hydrogen) atoms. The van der Waals surface area contributed by atoms with Crippen LogP contribution in [0.4, 0.5) is 37.7 Å². The van der Waals surface area contributed by atoms with Crippen molar-refractivity contribution in [1.82, 2.24) is 5.32 Å². The number of aldehydes is 2. The van der Waals surface area contributed by atoms with Crippen LogP contribution in [0, 0.1) is 6.92 Å². The van der Waals surface area contributed by atoms with Gasteiger partial charge in [-0.1, -0.05) is 18.2 Å². The summed E-state index contributed by atoms with van der Waals surface area (Å²) in [5.74, 6) is -1.13. The van der Waals surface area contributed by atoms with Crippen molar-refractivity contribution >= 4 is 29.9 Å². The summed E-state index contributed by atoms with van der Waals surface area (Å²) < 4.78 is 77.0. The van der Waals surface area contributed by atoms with Crippen LogP contribution in [0.25, 0.3) is 0 Å². The van der Waals surface area contributed by atoms with Gasteiger partial charge in [-0.15, -0.1) is 0 Å². The van der Waals surface area contributed by atoms with Crippen LogP contribution >= 0.6 is 0 Å². The van der Waals surface area contributed by atoms with Crippen molar-refractivity contribution in [3.8, 4) is 0 Å². The molecule has 0 unspecified atom stereocenters. The Bertz CT molecular complexity index is 1040. The van der Waals surface area contributed by atoms with Crippen LogP contribution in [0.5, 0.6) is 0 Å². The van der Waals surface area contributed by atoms with Crippen molar-refractivity contribution in [2.75, 3.05) is 11.6 Å². The van der Waals surface area contributed by atoms with Crippen LogP contribution in [-0.4, -0.2) is 43.5 Å². The molecule has 0 bridgehead atoms. The molecule has 0 fully saturated rings. The molecule has 0 saturated carbocycles. The second-order valence-electron chi connectivity index (χ2n) is 6.90. The van der Waals surface area contributed by atoms with Crippen LogP contribution in [0.15, 0.2) is 36.4 Å². The maximum Gasteiger partial charge on any atom is 0.416 e. The molecule has 0 radical (unpaired) electrons. The summed E-state index contributed by atoms with van der Waals surface area (Å²) in [5.41, 5.74) is -0.836. The van der Waals surface area contributed by atoms with Crippen molar-refractivity contribution in [2.24, 2.45) is 0 Å². The minimum atomic E-state index is -4.82. The average Bonchev–Trinajstić information content (AvgIpc) is 2.74. The fourth-order valence-electron chi connectivity index (χ4n) is 2.69. The molecule has 0 aliphatic rings. The zero-order valence-electron chi connectivity index (χ0n) is 17.3. The molecule has 0 aliphatic heterocycles. The number of hydrogen-bond acceptors (Lipinski definition) is 5. The van der Waals surface area contributed by atoms with Crippen molar-refractivity contribution in [1.29, 1.82) is 0 Å². The van der Waals surface area contributed by atoms with E-state index in [0.717, 1.165) is 6.07 Å². The van der Waals surface area contributed by atoms with Gasteiger partial charge in [-0.25, -0.2) is 5.06 Å². The molecular weight excluding hydrogens is 458 g/mol. The number of carbonyl (C=O) groups is 3.